The molecule has 2 fully saturated rings. The fourth-order valence-corrected chi connectivity index (χ4v) is 3.96. The Morgan fingerprint density at radius 1 is 0.969 bits per heavy atom. The number of likely N-dealkylation sites (tertiary alicyclic amines) is 1. The zero-order valence-electron chi connectivity index (χ0n) is 18.3. The van der Waals surface area contributed by atoms with E-state index in [2.05, 4.69) is 10.6 Å². The van der Waals surface area contributed by atoms with Crippen LogP contribution in [0.15, 0.2) is 48.5 Å². The molecular formula is C25H29N3O4. The summed E-state index contributed by atoms with van der Waals surface area (Å²) in [4.78, 5) is 39.0. The van der Waals surface area contributed by atoms with Crippen molar-refractivity contribution in [2.24, 2.45) is 5.92 Å². The van der Waals surface area contributed by atoms with Crippen molar-refractivity contribution >= 4 is 23.4 Å². The van der Waals surface area contributed by atoms with E-state index in [-0.39, 0.29) is 29.7 Å². The van der Waals surface area contributed by atoms with Crippen LogP contribution in [0.1, 0.15) is 41.6 Å². The number of carbonyl (C=O) groups is 3. The van der Waals surface area contributed by atoms with E-state index >= 15 is 0 Å². The number of amides is 3. The highest BCUT2D eigenvalue weighted by Crippen LogP contribution is 2.30. The molecule has 1 saturated carbocycles. The van der Waals surface area contributed by atoms with Crippen molar-refractivity contribution in [2.45, 2.75) is 38.1 Å². The number of ether oxygens (including phenoxy) is 1. The van der Waals surface area contributed by atoms with Crippen LogP contribution in [0.2, 0.25) is 0 Å². The smallest absolute Gasteiger partial charge is 0.251 e. The van der Waals surface area contributed by atoms with E-state index < -0.39 is 0 Å². The monoisotopic (exact) mass is 435 g/mol. The van der Waals surface area contributed by atoms with E-state index in [1.54, 1.807) is 31.4 Å². The van der Waals surface area contributed by atoms with E-state index in [0.717, 1.165) is 37.0 Å². The Morgan fingerprint density at radius 2 is 1.66 bits per heavy atom. The van der Waals surface area contributed by atoms with Crippen LogP contribution in [-0.2, 0) is 16.0 Å². The molecular weight excluding hydrogens is 406 g/mol. The normalized spacial score (nSPS) is 16.3. The zero-order valence-corrected chi connectivity index (χ0v) is 18.3. The van der Waals surface area contributed by atoms with Gasteiger partial charge in [0.25, 0.3) is 5.91 Å². The molecule has 2 aromatic rings. The molecule has 0 radical (unpaired) electrons. The zero-order chi connectivity index (χ0) is 22.5. The summed E-state index contributed by atoms with van der Waals surface area (Å²) in [6, 6.07) is 14.6. The van der Waals surface area contributed by atoms with Gasteiger partial charge >= 0.3 is 0 Å². The number of hydrogen-bond acceptors (Lipinski definition) is 4. The third-order valence-electron chi connectivity index (χ3n) is 6.08. The molecule has 1 aliphatic carbocycles. The minimum atomic E-state index is -0.135. The number of carbonyl (C=O) groups excluding carboxylic acids is 3. The maximum absolute atomic E-state index is 12.7. The highest BCUT2D eigenvalue weighted by Gasteiger charge is 2.29. The average molecular weight is 436 g/mol. The molecule has 1 aliphatic heterocycles. The Balaban J connectivity index is 1.24. The lowest BCUT2D eigenvalue weighted by Gasteiger charge is -2.32. The largest absolute Gasteiger partial charge is 0.496 e. The quantitative estimate of drug-likeness (QED) is 0.700. The van der Waals surface area contributed by atoms with Crippen molar-refractivity contribution < 1.29 is 19.1 Å². The van der Waals surface area contributed by atoms with Crippen LogP contribution in [0.4, 0.5) is 5.69 Å². The van der Waals surface area contributed by atoms with E-state index in [0.29, 0.717) is 30.8 Å². The maximum Gasteiger partial charge on any atom is 0.251 e. The summed E-state index contributed by atoms with van der Waals surface area (Å²) in [7, 11) is 1.61. The van der Waals surface area contributed by atoms with E-state index in [9.17, 15) is 14.4 Å². The van der Waals surface area contributed by atoms with Crippen molar-refractivity contribution in [3.63, 3.8) is 0 Å². The van der Waals surface area contributed by atoms with Crippen LogP contribution in [0, 0.1) is 5.92 Å². The lowest BCUT2D eigenvalue weighted by atomic mass is 10.0. The van der Waals surface area contributed by atoms with E-state index in [1.165, 1.54) is 0 Å². The fraction of sp³-hybridized carbons (Fsp3) is 0.400. The molecule has 2 aliphatic rings. The van der Waals surface area contributed by atoms with Gasteiger partial charge in [-0.25, -0.2) is 0 Å². The third-order valence-corrected chi connectivity index (χ3v) is 6.08. The van der Waals surface area contributed by atoms with Gasteiger partial charge in [-0.1, -0.05) is 18.2 Å². The van der Waals surface area contributed by atoms with Gasteiger partial charge in [-0.15, -0.1) is 0 Å². The van der Waals surface area contributed by atoms with E-state index in [4.69, 9.17) is 4.74 Å². The summed E-state index contributed by atoms with van der Waals surface area (Å²) in [6.45, 7) is 1.23. The predicted octanol–water partition coefficient (Wildman–Crippen LogP) is 3.01. The van der Waals surface area contributed by atoms with Crippen LogP contribution in [0.3, 0.4) is 0 Å². The summed E-state index contributed by atoms with van der Waals surface area (Å²) < 4.78 is 5.34. The molecule has 1 saturated heterocycles. The van der Waals surface area contributed by atoms with Gasteiger partial charge in [0.2, 0.25) is 11.8 Å². The van der Waals surface area contributed by atoms with Gasteiger partial charge in [0.05, 0.1) is 13.5 Å². The van der Waals surface area contributed by atoms with Gasteiger partial charge in [-0.3, -0.25) is 14.4 Å². The average Bonchev–Trinajstić information content (AvgIpc) is 3.66. The molecule has 2 aromatic carbocycles. The van der Waals surface area contributed by atoms with Gasteiger partial charge in [-0.05, 0) is 56.0 Å². The number of nitrogens with one attached hydrogen (secondary N) is 2. The molecule has 0 bridgehead atoms. The second-order valence-electron chi connectivity index (χ2n) is 8.46. The molecule has 3 amide bonds. The minimum absolute atomic E-state index is 0.0343. The Bertz CT molecular complexity index is 977. The molecule has 7 heteroatoms. The molecule has 1 heterocycles. The lowest BCUT2D eigenvalue weighted by Crippen LogP contribution is -2.47. The van der Waals surface area contributed by atoms with Crippen LogP contribution >= 0.6 is 0 Å². The number of piperidine rings is 1. The Kier molecular flexibility index (Phi) is 6.73. The molecule has 168 valence electrons. The topological polar surface area (TPSA) is 87.7 Å². The fourth-order valence-electron chi connectivity index (χ4n) is 3.96. The number of methoxy groups -OCH3 is 1. The van der Waals surface area contributed by atoms with Gasteiger partial charge in [-0.2, -0.15) is 0 Å². The maximum atomic E-state index is 12.7. The summed E-state index contributed by atoms with van der Waals surface area (Å²) in [5, 5.41) is 5.94. The molecule has 4 rings (SSSR count). The minimum Gasteiger partial charge on any atom is -0.496 e. The van der Waals surface area contributed by atoms with Crippen molar-refractivity contribution in [2.75, 3.05) is 25.5 Å². The van der Waals surface area contributed by atoms with Crippen LogP contribution in [-0.4, -0.2) is 48.9 Å². The van der Waals surface area contributed by atoms with Crippen molar-refractivity contribution in [3.05, 3.63) is 59.7 Å². The Morgan fingerprint density at radius 3 is 2.31 bits per heavy atom. The molecule has 32 heavy (non-hydrogen) atoms. The summed E-state index contributed by atoms with van der Waals surface area (Å²) >= 11 is 0. The number of rotatable bonds is 7. The first-order valence-corrected chi connectivity index (χ1v) is 11.1. The molecule has 7 nitrogen and oxygen atoms in total. The van der Waals surface area contributed by atoms with Gasteiger partial charge < -0.3 is 20.3 Å². The van der Waals surface area contributed by atoms with Crippen molar-refractivity contribution in [1.29, 1.82) is 0 Å². The van der Waals surface area contributed by atoms with Crippen LogP contribution in [0.25, 0.3) is 0 Å². The predicted molar refractivity (Wildman–Crippen MR) is 122 cm³/mol. The Hall–Kier alpha value is -3.35. The van der Waals surface area contributed by atoms with Gasteiger partial charge in [0.1, 0.15) is 5.75 Å². The second kappa shape index (κ2) is 9.85. The first-order chi connectivity index (χ1) is 15.5. The number of benzene rings is 2. The molecule has 2 N–H and O–H groups in total. The van der Waals surface area contributed by atoms with Crippen LogP contribution in [0.5, 0.6) is 5.75 Å². The number of nitrogens with zero attached hydrogens (tertiary/aromatic N) is 1. The SMILES string of the molecule is COc1ccccc1CC(=O)N1CCC(NC(=O)c2ccc(NC(=O)C3CC3)cc2)CC1. The number of anilines is 1. The second-order valence-corrected chi connectivity index (χ2v) is 8.46. The van der Waals surface area contributed by atoms with Gasteiger partial charge in [0.15, 0.2) is 0 Å². The molecule has 0 aromatic heterocycles. The standard InChI is InChI=1S/C25H29N3O4/c1-32-22-5-3-2-4-19(22)16-23(29)28-14-12-21(13-15-28)27-25(31)18-8-10-20(11-9-18)26-24(30)17-6-7-17/h2-5,8-11,17,21H,6-7,12-16H2,1H3,(H,26,30)(H,27,31). The van der Waals surface area contributed by atoms with E-state index in [1.807, 2.05) is 29.2 Å². The lowest BCUT2D eigenvalue weighted by molar-refractivity contribution is -0.131. The highest BCUT2D eigenvalue weighted by atomic mass is 16.5. The number of para-hydroxylation sites is 1. The first-order valence-electron chi connectivity index (χ1n) is 11.1. The summed E-state index contributed by atoms with van der Waals surface area (Å²) in [5.41, 5.74) is 2.15. The van der Waals surface area contributed by atoms with Crippen LogP contribution < -0.4 is 15.4 Å². The molecule has 0 spiro atoms. The first kappa shape index (κ1) is 21.9. The van der Waals surface area contributed by atoms with Crippen molar-refractivity contribution in [1.82, 2.24) is 10.2 Å². The third kappa shape index (κ3) is 5.46. The Labute approximate surface area is 188 Å². The molecule has 0 unspecified atom stereocenters. The molecule has 0 atom stereocenters. The highest BCUT2D eigenvalue weighted by molar-refractivity contribution is 5.97. The van der Waals surface area contributed by atoms with Crippen molar-refractivity contribution in [3.8, 4) is 5.75 Å². The number of hydrogen-bond donors (Lipinski definition) is 2. The summed E-state index contributed by atoms with van der Waals surface area (Å²) in [6.07, 6.45) is 3.66. The summed E-state index contributed by atoms with van der Waals surface area (Å²) in [5.74, 6) is 0.854. The van der Waals surface area contributed by atoms with Gasteiger partial charge in [0, 0.05) is 41.9 Å².